The second kappa shape index (κ2) is 6.78. The van der Waals surface area contributed by atoms with E-state index in [0.29, 0.717) is 12.5 Å². The first-order valence-corrected chi connectivity index (χ1v) is 8.47. The minimum Gasteiger partial charge on any atom is -0.389 e. The Morgan fingerprint density at radius 1 is 1.35 bits per heavy atom. The number of nitrogens with zero attached hydrogens (tertiary/aromatic N) is 1. The van der Waals surface area contributed by atoms with Gasteiger partial charge in [0, 0.05) is 28.5 Å². The van der Waals surface area contributed by atoms with Gasteiger partial charge in [-0.3, -0.25) is 0 Å². The highest BCUT2D eigenvalue weighted by Crippen LogP contribution is 2.31. The molecule has 1 aromatic carbocycles. The molecule has 1 aliphatic heterocycles. The predicted octanol–water partition coefficient (Wildman–Crippen LogP) is 4.27. The fourth-order valence-corrected chi connectivity index (χ4v) is 3.65. The van der Waals surface area contributed by atoms with Crippen molar-refractivity contribution < 1.29 is 5.11 Å². The number of aliphatic hydroxyl groups is 1. The number of rotatable bonds is 3. The van der Waals surface area contributed by atoms with Crippen molar-refractivity contribution >= 4 is 27.5 Å². The molecule has 20 heavy (non-hydrogen) atoms. The molecule has 1 fully saturated rings. The average Bonchev–Trinajstić information content (AvgIpc) is 2.55. The highest BCUT2D eigenvalue weighted by molar-refractivity contribution is 9.10. The molecule has 112 valence electrons. The molecule has 1 N–H and O–H groups in total. The molecule has 0 saturated carbocycles. The van der Waals surface area contributed by atoms with E-state index < -0.39 is 5.60 Å². The minimum atomic E-state index is -0.624. The number of hydrogen-bond acceptors (Lipinski definition) is 2. The summed E-state index contributed by atoms with van der Waals surface area (Å²) in [5.41, 5.74) is 0.413. The van der Waals surface area contributed by atoms with Crippen LogP contribution >= 0.6 is 27.5 Å². The van der Waals surface area contributed by atoms with Crippen LogP contribution in [-0.4, -0.2) is 34.7 Å². The summed E-state index contributed by atoms with van der Waals surface area (Å²) >= 11 is 9.70. The molecule has 1 saturated heterocycles. The Morgan fingerprint density at radius 2 is 2.10 bits per heavy atom. The van der Waals surface area contributed by atoms with E-state index >= 15 is 0 Å². The lowest BCUT2D eigenvalue weighted by Crippen LogP contribution is -2.35. The summed E-state index contributed by atoms with van der Waals surface area (Å²) in [6.07, 6.45) is 3.36. The number of hydrogen-bond donors (Lipinski definition) is 1. The smallest absolute Gasteiger partial charge is 0.0701 e. The first-order chi connectivity index (χ1) is 9.39. The first kappa shape index (κ1) is 16.3. The Bertz CT molecular complexity index is 466. The molecule has 1 aromatic rings. The van der Waals surface area contributed by atoms with E-state index in [-0.39, 0.29) is 0 Å². The fraction of sp³-hybridized carbons (Fsp3) is 0.625. The van der Waals surface area contributed by atoms with Crippen LogP contribution in [0.25, 0.3) is 0 Å². The topological polar surface area (TPSA) is 23.5 Å². The zero-order valence-corrected chi connectivity index (χ0v) is 14.5. The SMILES string of the molecule is CC(C)N1CCCC(O)(Cc2ccc(Br)cc2Cl)CC1. The molecule has 0 aromatic heterocycles. The molecule has 1 heterocycles. The van der Waals surface area contributed by atoms with E-state index in [4.69, 9.17) is 11.6 Å². The summed E-state index contributed by atoms with van der Waals surface area (Å²) in [6, 6.07) is 6.45. The Morgan fingerprint density at radius 3 is 2.75 bits per heavy atom. The van der Waals surface area contributed by atoms with Gasteiger partial charge in [-0.2, -0.15) is 0 Å². The molecule has 1 aliphatic rings. The van der Waals surface area contributed by atoms with Gasteiger partial charge in [-0.1, -0.05) is 33.6 Å². The third-order valence-corrected chi connectivity index (χ3v) is 5.06. The van der Waals surface area contributed by atoms with Crippen molar-refractivity contribution in [3.8, 4) is 0 Å². The lowest BCUT2D eigenvalue weighted by atomic mass is 9.88. The van der Waals surface area contributed by atoms with Gasteiger partial charge in [-0.15, -0.1) is 0 Å². The van der Waals surface area contributed by atoms with E-state index in [1.807, 2.05) is 18.2 Å². The Kier molecular flexibility index (Phi) is 5.52. The molecule has 0 amide bonds. The highest BCUT2D eigenvalue weighted by Gasteiger charge is 2.31. The van der Waals surface area contributed by atoms with Crippen LogP contribution in [0.4, 0.5) is 0 Å². The van der Waals surface area contributed by atoms with E-state index in [2.05, 4.69) is 34.7 Å². The van der Waals surface area contributed by atoms with Gasteiger partial charge in [-0.25, -0.2) is 0 Å². The van der Waals surface area contributed by atoms with Crippen molar-refractivity contribution in [2.24, 2.45) is 0 Å². The molecule has 0 radical (unpaired) electrons. The summed E-state index contributed by atoms with van der Waals surface area (Å²) in [5.74, 6) is 0. The maximum atomic E-state index is 10.9. The molecule has 0 spiro atoms. The molecule has 4 heteroatoms. The molecule has 0 aliphatic carbocycles. The first-order valence-electron chi connectivity index (χ1n) is 7.30. The van der Waals surface area contributed by atoms with Crippen molar-refractivity contribution in [3.05, 3.63) is 33.3 Å². The van der Waals surface area contributed by atoms with Crippen molar-refractivity contribution in [1.29, 1.82) is 0 Å². The average molecular weight is 361 g/mol. The van der Waals surface area contributed by atoms with Gasteiger partial charge in [0.25, 0.3) is 0 Å². The van der Waals surface area contributed by atoms with Gasteiger partial charge < -0.3 is 10.0 Å². The fourth-order valence-electron chi connectivity index (χ4n) is 2.91. The third-order valence-electron chi connectivity index (χ3n) is 4.22. The van der Waals surface area contributed by atoms with Crippen LogP contribution in [0.5, 0.6) is 0 Å². The molecule has 2 rings (SSSR count). The number of benzene rings is 1. The van der Waals surface area contributed by atoms with Gasteiger partial charge in [0.2, 0.25) is 0 Å². The van der Waals surface area contributed by atoms with Crippen molar-refractivity contribution in [3.63, 3.8) is 0 Å². The van der Waals surface area contributed by atoms with Crippen LogP contribution in [0.1, 0.15) is 38.7 Å². The third kappa shape index (κ3) is 4.20. The summed E-state index contributed by atoms with van der Waals surface area (Å²) in [6.45, 7) is 6.47. The van der Waals surface area contributed by atoms with Crippen LogP contribution in [0.3, 0.4) is 0 Å². The largest absolute Gasteiger partial charge is 0.389 e. The van der Waals surface area contributed by atoms with Crippen LogP contribution in [0.15, 0.2) is 22.7 Å². The van der Waals surface area contributed by atoms with E-state index in [0.717, 1.165) is 47.4 Å². The van der Waals surface area contributed by atoms with Crippen molar-refractivity contribution in [1.82, 2.24) is 4.90 Å². The monoisotopic (exact) mass is 359 g/mol. The standard InChI is InChI=1S/C16H23BrClNO/c1-12(2)19-8-3-6-16(20,7-9-19)11-13-4-5-14(17)10-15(13)18/h4-5,10,12,20H,3,6-9,11H2,1-2H3. The van der Waals surface area contributed by atoms with Crippen molar-refractivity contribution in [2.45, 2.75) is 51.2 Å². The van der Waals surface area contributed by atoms with Crippen LogP contribution < -0.4 is 0 Å². The zero-order chi connectivity index (χ0) is 14.8. The van der Waals surface area contributed by atoms with Crippen molar-refractivity contribution in [2.75, 3.05) is 13.1 Å². The summed E-state index contributed by atoms with van der Waals surface area (Å²) in [5, 5.41) is 11.6. The molecule has 0 bridgehead atoms. The summed E-state index contributed by atoms with van der Waals surface area (Å²) in [7, 11) is 0. The molecular formula is C16H23BrClNO. The van der Waals surface area contributed by atoms with E-state index in [9.17, 15) is 5.11 Å². The Hall–Kier alpha value is -0.0900. The predicted molar refractivity (Wildman–Crippen MR) is 88.4 cm³/mol. The molecular weight excluding hydrogens is 338 g/mol. The number of halogens is 2. The molecule has 2 nitrogen and oxygen atoms in total. The number of likely N-dealkylation sites (tertiary alicyclic amines) is 1. The Balaban J connectivity index is 2.07. The second-order valence-corrected chi connectivity index (χ2v) is 7.44. The quantitative estimate of drug-likeness (QED) is 0.870. The van der Waals surface area contributed by atoms with Crippen LogP contribution in [0, 0.1) is 0 Å². The van der Waals surface area contributed by atoms with Crippen LogP contribution in [-0.2, 0) is 6.42 Å². The minimum absolute atomic E-state index is 0.550. The van der Waals surface area contributed by atoms with Crippen LogP contribution in [0.2, 0.25) is 5.02 Å². The molecule has 1 atom stereocenters. The van der Waals surface area contributed by atoms with Gasteiger partial charge in [-0.05, 0) is 57.4 Å². The normalized spacial score (nSPS) is 24.9. The van der Waals surface area contributed by atoms with Gasteiger partial charge in [0.05, 0.1) is 5.60 Å². The zero-order valence-electron chi connectivity index (χ0n) is 12.2. The maximum absolute atomic E-state index is 10.9. The highest BCUT2D eigenvalue weighted by atomic mass is 79.9. The van der Waals surface area contributed by atoms with Gasteiger partial charge >= 0.3 is 0 Å². The van der Waals surface area contributed by atoms with E-state index in [1.54, 1.807) is 0 Å². The summed E-state index contributed by atoms with van der Waals surface area (Å²) in [4.78, 5) is 2.45. The van der Waals surface area contributed by atoms with Gasteiger partial charge in [0.1, 0.15) is 0 Å². The lowest BCUT2D eigenvalue weighted by Gasteiger charge is -2.28. The van der Waals surface area contributed by atoms with E-state index in [1.165, 1.54) is 0 Å². The summed E-state index contributed by atoms with van der Waals surface area (Å²) < 4.78 is 0.977. The second-order valence-electron chi connectivity index (χ2n) is 6.12. The maximum Gasteiger partial charge on any atom is 0.0701 e. The van der Waals surface area contributed by atoms with Gasteiger partial charge in [0.15, 0.2) is 0 Å². The Labute approximate surface area is 135 Å². The molecule has 1 unspecified atom stereocenters. The lowest BCUT2D eigenvalue weighted by molar-refractivity contribution is 0.0249.